The average molecular weight is 762 g/mol. The van der Waals surface area contributed by atoms with Crippen LogP contribution in [0.2, 0.25) is 0 Å². The summed E-state index contributed by atoms with van der Waals surface area (Å²) in [6.07, 6.45) is 2.34. The van der Waals surface area contributed by atoms with E-state index in [4.69, 9.17) is 4.74 Å². The number of rotatable bonds is 7. The van der Waals surface area contributed by atoms with Gasteiger partial charge in [0, 0.05) is 87.8 Å². The van der Waals surface area contributed by atoms with E-state index in [2.05, 4.69) is 27.2 Å². The van der Waals surface area contributed by atoms with E-state index in [1.807, 2.05) is 41.3 Å². The smallest absolute Gasteiger partial charge is 0.255 e. The molecule has 4 aromatic rings. The normalized spacial score (nSPS) is 23.1. The molecule has 2 unspecified atom stereocenters. The number of amides is 3. The first kappa shape index (κ1) is 36.2. The van der Waals surface area contributed by atoms with Crippen molar-refractivity contribution >= 4 is 29.1 Å². The van der Waals surface area contributed by atoms with Gasteiger partial charge in [-0.15, -0.1) is 0 Å². The second-order valence-corrected chi connectivity index (χ2v) is 15.8. The Hall–Kier alpha value is -5.49. The molecule has 3 amide bonds. The zero-order valence-corrected chi connectivity index (χ0v) is 31.1. The summed E-state index contributed by atoms with van der Waals surface area (Å²) in [5, 5.41) is 12.4. The second-order valence-electron chi connectivity index (χ2n) is 15.8. The highest BCUT2D eigenvalue weighted by Crippen LogP contribution is 2.47. The lowest BCUT2D eigenvalue weighted by Gasteiger charge is -2.40. The summed E-state index contributed by atoms with van der Waals surface area (Å²) in [5.41, 5.74) is 5.00. The predicted octanol–water partition coefficient (Wildman–Crippen LogP) is 5.78. The fourth-order valence-corrected chi connectivity index (χ4v) is 9.48. The number of aromatic hydroxyl groups is 1. The number of imide groups is 1. The van der Waals surface area contributed by atoms with Crippen LogP contribution in [-0.2, 0) is 16.1 Å². The molecule has 3 atom stereocenters. The Morgan fingerprint density at radius 1 is 0.768 bits per heavy atom. The first-order valence-corrected chi connectivity index (χ1v) is 19.7. The van der Waals surface area contributed by atoms with Crippen molar-refractivity contribution < 1.29 is 33.0 Å². The van der Waals surface area contributed by atoms with E-state index in [-0.39, 0.29) is 60.2 Å². The van der Waals surface area contributed by atoms with Gasteiger partial charge in [0.1, 0.15) is 29.2 Å². The molecule has 0 radical (unpaired) electrons. The highest BCUT2D eigenvalue weighted by Gasteiger charge is 2.40. The Bertz CT molecular complexity index is 2170. The number of carbonyl (C=O) groups excluding carboxylic acids is 3. The van der Waals surface area contributed by atoms with Crippen molar-refractivity contribution in [2.24, 2.45) is 5.92 Å². The molecule has 290 valence electrons. The van der Waals surface area contributed by atoms with Gasteiger partial charge in [-0.25, -0.2) is 8.78 Å². The minimum atomic E-state index is -0.735. The Labute approximate surface area is 324 Å². The SMILES string of the molecule is O=C1CCC(N2Cc3cc(N4CCN(CC5CCN(c6ccc([C@@H]7c8ccc(O)cc8OCC7c7ccccc7)cc6F)CC5)CC4)c(F)cc3C2=O)C(=O)N1. The van der Waals surface area contributed by atoms with Gasteiger partial charge >= 0.3 is 0 Å². The Morgan fingerprint density at radius 2 is 1.52 bits per heavy atom. The molecule has 0 bridgehead atoms. The van der Waals surface area contributed by atoms with E-state index in [1.54, 1.807) is 24.3 Å². The first-order valence-electron chi connectivity index (χ1n) is 19.7. The van der Waals surface area contributed by atoms with Crippen LogP contribution in [0.15, 0.2) is 78.9 Å². The maximum Gasteiger partial charge on any atom is 0.255 e. The lowest BCUT2D eigenvalue weighted by molar-refractivity contribution is -0.136. The first-order chi connectivity index (χ1) is 27.2. The van der Waals surface area contributed by atoms with Crippen molar-refractivity contribution in [2.45, 2.75) is 50.1 Å². The van der Waals surface area contributed by atoms with Gasteiger partial charge in [-0.05, 0) is 72.2 Å². The van der Waals surface area contributed by atoms with E-state index < -0.39 is 17.8 Å². The Morgan fingerprint density at radius 3 is 2.27 bits per heavy atom. The van der Waals surface area contributed by atoms with Gasteiger partial charge in [0.2, 0.25) is 11.8 Å². The molecule has 2 N–H and O–H groups in total. The number of fused-ring (bicyclic) bond motifs is 2. The highest BCUT2D eigenvalue weighted by molar-refractivity contribution is 6.05. The molecule has 9 rings (SSSR count). The van der Waals surface area contributed by atoms with Crippen LogP contribution in [0.5, 0.6) is 11.5 Å². The molecule has 3 saturated heterocycles. The Kier molecular flexibility index (Phi) is 9.60. The van der Waals surface area contributed by atoms with Crippen molar-refractivity contribution in [1.82, 2.24) is 15.1 Å². The third-order valence-corrected chi connectivity index (χ3v) is 12.5. The summed E-state index contributed by atoms with van der Waals surface area (Å²) in [5.74, 6) is -0.778. The van der Waals surface area contributed by atoms with Crippen molar-refractivity contribution in [3.05, 3.63) is 118 Å². The molecule has 56 heavy (non-hydrogen) atoms. The van der Waals surface area contributed by atoms with Crippen molar-refractivity contribution in [3.8, 4) is 11.5 Å². The van der Waals surface area contributed by atoms with Crippen molar-refractivity contribution in [1.29, 1.82) is 0 Å². The summed E-state index contributed by atoms with van der Waals surface area (Å²) in [4.78, 5) is 45.3. The molecule has 0 spiro atoms. The molecule has 5 aliphatic rings. The van der Waals surface area contributed by atoms with Gasteiger partial charge in [0.25, 0.3) is 5.91 Å². The van der Waals surface area contributed by atoms with Crippen molar-refractivity contribution in [3.63, 3.8) is 0 Å². The quantitative estimate of drug-likeness (QED) is 0.229. The molecule has 10 nitrogen and oxygen atoms in total. The van der Waals surface area contributed by atoms with Crippen LogP contribution >= 0.6 is 0 Å². The molecule has 3 fully saturated rings. The predicted molar refractivity (Wildman–Crippen MR) is 207 cm³/mol. The lowest BCUT2D eigenvalue weighted by atomic mass is 9.76. The highest BCUT2D eigenvalue weighted by atomic mass is 19.1. The van der Waals surface area contributed by atoms with Gasteiger partial charge in [-0.1, -0.05) is 42.5 Å². The van der Waals surface area contributed by atoms with Gasteiger partial charge in [0.15, 0.2) is 0 Å². The molecule has 5 aliphatic heterocycles. The van der Waals surface area contributed by atoms with Crippen LogP contribution in [0.1, 0.15) is 70.1 Å². The molecule has 0 aliphatic carbocycles. The fourth-order valence-electron chi connectivity index (χ4n) is 9.48. The summed E-state index contributed by atoms with van der Waals surface area (Å²) in [6.45, 7) is 5.99. The van der Waals surface area contributed by atoms with Crippen LogP contribution < -0.4 is 19.9 Å². The fraction of sp³-hybridized carbons (Fsp3) is 0.386. The van der Waals surface area contributed by atoms with Gasteiger partial charge in [-0.2, -0.15) is 0 Å². The number of piperazine rings is 1. The van der Waals surface area contributed by atoms with E-state index in [0.29, 0.717) is 48.3 Å². The minimum Gasteiger partial charge on any atom is -0.508 e. The monoisotopic (exact) mass is 761 g/mol. The molecular weight excluding hydrogens is 717 g/mol. The van der Waals surface area contributed by atoms with E-state index in [9.17, 15) is 19.5 Å². The number of hydrogen-bond donors (Lipinski definition) is 2. The van der Waals surface area contributed by atoms with Crippen LogP contribution in [0.4, 0.5) is 20.2 Å². The van der Waals surface area contributed by atoms with Crippen LogP contribution in [0, 0.1) is 17.6 Å². The zero-order chi connectivity index (χ0) is 38.5. The number of piperidine rings is 2. The molecule has 0 saturated carbocycles. The van der Waals surface area contributed by atoms with Gasteiger partial charge < -0.3 is 24.5 Å². The maximum absolute atomic E-state index is 16.1. The number of nitrogens with one attached hydrogen (secondary N) is 1. The van der Waals surface area contributed by atoms with E-state index in [0.717, 1.165) is 62.3 Å². The summed E-state index contributed by atoms with van der Waals surface area (Å²) in [7, 11) is 0. The number of ether oxygens (including phenoxy) is 1. The zero-order valence-electron chi connectivity index (χ0n) is 31.1. The average Bonchev–Trinajstić information content (AvgIpc) is 3.52. The van der Waals surface area contributed by atoms with Crippen LogP contribution in [0.25, 0.3) is 0 Å². The number of benzene rings is 4. The third kappa shape index (κ3) is 6.84. The molecule has 12 heteroatoms. The van der Waals surface area contributed by atoms with Crippen molar-refractivity contribution in [2.75, 3.05) is 62.2 Å². The van der Waals surface area contributed by atoms with Gasteiger partial charge in [0.05, 0.1) is 18.0 Å². The van der Waals surface area contributed by atoms with E-state index in [1.165, 1.54) is 11.0 Å². The molecule has 5 heterocycles. The maximum atomic E-state index is 16.1. The van der Waals surface area contributed by atoms with E-state index >= 15 is 8.78 Å². The second kappa shape index (κ2) is 14.9. The van der Waals surface area contributed by atoms with Gasteiger partial charge in [-0.3, -0.25) is 24.6 Å². The number of halogens is 2. The number of phenols is 1. The topological polar surface area (TPSA) is 106 Å². The number of anilines is 2. The summed E-state index contributed by atoms with van der Waals surface area (Å²) < 4.78 is 37.6. The number of carbonyl (C=O) groups is 3. The largest absolute Gasteiger partial charge is 0.508 e. The number of nitrogens with zero attached hydrogens (tertiary/aromatic N) is 4. The molecule has 0 aromatic heterocycles. The standard InChI is InChI=1S/C44H45F2N5O5/c45-35-20-29(42-32-8-7-31(52)22-40(32)56-26-34(42)28-4-2-1-3-5-28)6-9-37(35)49-14-12-27(13-15-49)24-48-16-18-50(19-17-48)39-21-30-25-51(44(55)33(30)23-36(39)46)38-10-11-41(53)47-43(38)54/h1-9,20-23,27,34,38,42,52H,10-19,24-26H2,(H,47,53,54)/t34?,38?,42-/m1/s1. The third-order valence-electron chi connectivity index (χ3n) is 12.5. The minimum absolute atomic E-state index is 0.00738. The number of phenolic OH excluding ortho intramolecular Hbond substituents is 1. The van der Waals surface area contributed by atoms with Crippen LogP contribution in [-0.4, -0.2) is 91.1 Å². The summed E-state index contributed by atoms with van der Waals surface area (Å²) in [6, 6.07) is 23.3. The Balaban J connectivity index is 0.804. The molecule has 4 aromatic carbocycles. The number of hydrogen-bond acceptors (Lipinski definition) is 8. The lowest BCUT2D eigenvalue weighted by Crippen LogP contribution is -2.52. The van der Waals surface area contributed by atoms with Crippen LogP contribution in [0.3, 0.4) is 0 Å². The summed E-state index contributed by atoms with van der Waals surface area (Å²) >= 11 is 0. The molecular formula is C44H45F2N5O5.